The summed E-state index contributed by atoms with van der Waals surface area (Å²) in [5.41, 5.74) is 1.57. The Balaban J connectivity index is 1.61. The second kappa shape index (κ2) is 7.23. The maximum atomic E-state index is 12.3. The fraction of sp³-hybridized carbons (Fsp3) is 0.333. The van der Waals surface area contributed by atoms with Crippen LogP contribution in [0.2, 0.25) is 0 Å². The smallest absolute Gasteiger partial charge is 0.261 e. The number of thioether (sulfide) groups is 1. The number of hydrogen-bond donors (Lipinski definition) is 0. The van der Waals surface area contributed by atoms with Crippen LogP contribution in [-0.4, -0.2) is 39.1 Å². The van der Waals surface area contributed by atoms with Crippen LogP contribution in [0.4, 0.5) is 0 Å². The van der Waals surface area contributed by atoms with Gasteiger partial charge < -0.3 is 0 Å². The predicted molar refractivity (Wildman–Crippen MR) is 96.1 cm³/mol. The lowest BCUT2D eigenvalue weighted by atomic mass is 10.1. The fourth-order valence-corrected chi connectivity index (χ4v) is 3.58. The molecule has 2 heterocycles. The van der Waals surface area contributed by atoms with Crippen LogP contribution in [0.25, 0.3) is 0 Å². The number of imide groups is 1. The van der Waals surface area contributed by atoms with Crippen molar-refractivity contribution in [3.8, 4) is 0 Å². The van der Waals surface area contributed by atoms with Crippen LogP contribution in [0.5, 0.6) is 0 Å². The minimum absolute atomic E-state index is 0.0717. The van der Waals surface area contributed by atoms with Gasteiger partial charge in [0, 0.05) is 24.8 Å². The zero-order valence-corrected chi connectivity index (χ0v) is 15.0. The van der Waals surface area contributed by atoms with Crippen LogP contribution >= 0.6 is 11.8 Å². The summed E-state index contributed by atoms with van der Waals surface area (Å²) in [6, 6.07) is 8.39. The number of carbonyl (C=O) groups is 2. The molecule has 1 aromatic heterocycles. The van der Waals surface area contributed by atoms with Gasteiger partial charge in [-0.15, -0.1) is 0 Å². The summed E-state index contributed by atoms with van der Waals surface area (Å²) in [6.07, 6.45) is 3.21. The quantitative estimate of drug-likeness (QED) is 0.343. The number of nitrogens with zero attached hydrogens (tertiary/aromatic N) is 3. The van der Waals surface area contributed by atoms with E-state index in [1.54, 1.807) is 35.8 Å². The van der Waals surface area contributed by atoms with Crippen LogP contribution in [0, 0.1) is 6.92 Å². The van der Waals surface area contributed by atoms with Crippen LogP contribution in [0.1, 0.15) is 39.3 Å². The summed E-state index contributed by atoms with van der Waals surface area (Å²) in [6.45, 7) is 2.67. The minimum Gasteiger partial charge on any atom is -0.288 e. The van der Waals surface area contributed by atoms with Crippen molar-refractivity contribution in [1.29, 1.82) is 0 Å². The highest BCUT2D eigenvalue weighted by molar-refractivity contribution is 7.98. The van der Waals surface area contributed by atoms with Crippen molar-refractivity contribution in [2.24, 2.45) is 0 Å². The van der Waals surface area contributed by atoms with E-state index in [0.29, 0.717) is 47.9 Å². The molecule has 0 unspecified atom stereocenters. The molecule has 1 aromatic carbocycles. The molecule has 0 saturated carbocycles. The first-order valence-electron chi connectivity index (χ1n) is 8.10. The topological polar surface area (TPSA) is 72.3 Å². The number of rotatable bonds is 6. The Morgan fingerprint density at radius 3 is 2.20 bits per heavy atom. The normalized spacial score (nSPS) is 13.4. The second-order valence-corrected chi connectivity index (χ2v) is 6.66. The molecule has 0 atom stereocenters. The number of unbranched alkanes of at least 4 members (excludes halogenated alkanes) is 1. The number of aryl methyl sites for hydroxylation is 1. The second-order valence-electron chi connectivity index (χ2n) is 5.89. The minimum atomic E-state index is -0.237. The van der Waals surface area contributed by atoms with E-state index in [1.165, 1.54) is 22.7 Å². The van der Waals surface area contributed by atoms with Gasteiger partial charge in [-0.3, -0.25) is 23.9 Å². The third-order valence-corrected chi connectivity index (χ3v) is 4.85. The highest BCUT2D eigenvalue weighted by Crippen LogP contribution is 2.22. The van der Waals surface area contributed by atoms with E-state index in [-0.39, 0.29) is 17.4 Å². The molecular weight excluding hydrogens is 338 g/mol. The van der Waals surface area contributed by atoms with E-state index in [9.17, 15) is 14.4 Å². The maximum Gasteiger partial charge on any atom is 0.261 e. The van der Waals surface area contributed by atoms with Gasteiger partial charge in [-0.25, -0.2) is 4.98 Å². The summed E-state index contributed by atoms with van der Waals surface area (Å²) in [5, 5.41) is 0.686. The molecule has 1 aliphatic heterocycles. The average molecular weight is 357 g/mol. The number of fused-ring (bicyclic) bond motifs is 1. The molecule has 1 aliphatic rings. The molecule has 0 spiro atoms. The van der Waals surface area contributed by atoms with Gasteiger partial charge in [0.05, 0.1) is 11.1 Å². The first-order chi connectivity index (χ1) is 12.0. The number of aromatic nitrogens is 2. The van der Waals surface area contributed by atoms with Crippen molar-refractivity contribution in [3.63, 3.8) is 0 Å². The Kier molecular flexibility index (Phi) is 5.03. The first kappa shape index (κ1) is 17.4. The molecule has 0 saturated heterocycles. The molecule has 3 rings (SSSR count). The van der Waals surface area contributed by atoms with Crippen molar-refractivity contribution in [2.75, 3.05) is 12.8 Å². The van der Waals surface area contributed by atoms with Gasteiger partial charge in [-0.05, 0) is 38.2 Å². The van der Waals surface area contributed by atoms with E-state index >= 15 is 0 Å². The number of carbonyl (C=O) groups excluding carboxylic acids is 2. The lowest BCUT2D eigenvalue weighted by Gasteiger charge is -2.14. The molecule has 2 aromatic rings. The Morgan fingerprint density at radius 2 is 1.60 bits per heavy atom. The molecule has 0 N–H and O–H groups in total. The Morgan fingerprint density at radius 1 is 1.00 bits per heavy atom. The molecule has 0 radical (unpaired) electrons. The van der Waals surface area contributed by atoms with Gasteiger partial charge in [0.15, 0.2) is 5.16 Å². The highest BCUT2D eigenvalue weighted by Gasteiger charge is 2.34. The van der Waals surface area contributed by atoms with Crippen molar-refractivity contribution in [1.82, 2.24) is 14.5 Å². The molecule has 7 heteroatoms. The van der Waals surface area contributed by atoms with E-state index < -0.39 is 0 Å². The van der Waals surface area contributed by atoms with Crippen molar-refractivity contribution in [2.45, 2.75) is 31.5 Å². The van der Waals surface area contributed by atoms with E-state index in [4.69, 9.17) is 0 Å². The van der Waals surface area contributed by atoms with Crippen LogP contribution < -0.4 is 5.56 Å². The van der Waals surface area contributed by atoms with Crippen molar-refractivity contribution < 1.29 is 9.59 Å². The standard InChI is InChI=1S/C18H19N3O3S/c1-12-11-15(22)20(18(19-12)25-2)9-5-6-10-21-16(23)13-7-3-4-8-14(13)17(21)24/h3-4,7-8,11H,5-6,9-10H2,1-2H3. The monoisotopic (exact) mass is 357 g/mol. The number of hydrogen-bond acceptors (Lipinski definition) is 5. The highest BCUT2D eigenvalue weighted by atomic mass is 32.2. The lowest BCUT2D eigenvalue weighted by molar-refractivity contribution is 0.0651. The van der Waals surface area contributed by atoms with Crippen LogP contribution in [-0.2, 0) is 6.54 Å². The molecule has 130 valence electrons. The molecule has 6 nitrogen and oxygen atoms in total. The summed E-state index contributed by atoms with van der Waals surface area (Å²) in [5.74, 6) is -0.473. The Hall–Kier alpha value is -2.41. The van der Waals surface area contributed by atoms with E-state index in [2.05, 4.69) is 4.98 Å². The molecule has 25 heavy (non-hydrogen) atoms. The molecule has 0 fully saturated rings. The van der Waals surface area contributed by atoms with Gasteiger partial charge in [-0.1, -0.05) is 23.9 Å². The summed E-state index contributed by atoms with van der Waals surface area (Å²) in [7, 11) is 0. The largest absolute Gasteiger partial charge is 0.288 e. The molecule has 0 bridgehead atoms. The molecule has 2 amide bonds. The number of benzene rings is 1. The Bertz CT molecular complexity index is 856. The summed E-state index contributed by atoms with van der Waals surface area (Å²) >= 11 is 1.43. The van der Waals surface area contributed by atoms with Gasteiger partial charge in [-0.2, -0.15) is 0 Å². The predicted octanol–water partition coefficient (Wildman–Crippen LogP) is 2.35. The van der Waals surface area contributed by atoms with Crippen LogP contribution in [0.3, 0.4) is 0 Å². The van der Waals surface area contributed by atoms with Gasteiger partial charge in [0.1, 0.15) is 0 Å². The van der Waals surface area contributed by atoms with E-state index in [1.807, 2.05) is 6.26 Å². The average Bonchev–Trinajstić information content (AvgIpc) is 2.84. The van der Waals surface area contributed by atoms with Crippen molar-refractivity contribution in [3.05, 3.63) is 57.5 Å². The third-order valence-electron chi connectivity index (χ3n) is 4.18. The lowest BCUT2D eigenvalue weighted by Crippen LogP contribution is -2.31. The fourth-order valence-electron chi connectivity index (χ4n) is 2.94. The van der Waals surface area contributed by atoms with Crippen LogP contribution in [0.15, 0.2) is 40.3 Å². The summed E-state index contributed by atoms with van der Waals surface area (Å²) in [4.78, 5) is 42.4. The molecule has 0 aliphatic carbocycles. The van der Waals surface area contributed by atoms with Gasteiger partial charge in [0.25, 0.3) is 17.4 Å². The molecular formula is C18H19N3O3S. The zero-order valence-electron chi connectivity index (χ0n) is 14.2. The zero-order chi connectivity index (χ0) is 18.0. The maximum absolute atomic E-state index is 12.3. The first-order valence-corrected chi connectivity index (χ1v) is 9.33. The Labute approximate surface area is 149 Å². The van der Waals surface area contributed by atoms with Crippen molar-refractivity contribution >= 4 is 23.6 Å². The SMILES string of the molecule is CSc1nc(C)cc(=O)n1CCCCN1C(=O)c2ccccc2C1=O. The summed E-state index contributed by atoms with van der Waals surface area (Å²) < 4.78 is 1.64. The number of amides is 2. The third kappa shape index (κ3) is 3.37. The van der Waals surface area contributed by atoms with Gasteiger partial charge in [0.2, 0.25) is 0 Å². The van der Waals surface area contributed by atoms with E-state index in [0.717, 1.165) is 0 Å². The van der Waals surface area contributed by atoms with Gasteiger partial charge >= 0.3 is 0 Å².